The summed E-state index contributed by atoms with van der Waals surface area (Å²) >= 11 is 1.73. The van der Waals surface area contributed by atoms with E-state index in [9.17, 15) is 0 Å². The van der Waals surface area contributed by atoms with Crippen LogP contribution in [0.3, 0.4) is 0 Å². The normalized spacial score (nSPS) is 11.6. The van der Waals surface area contributed by atoms with E-state index < -0.39 is 0 Å². The Hall–Kier alpha value is -1.35. The average Bonchev–Trinajstić information content (AvgIpc) is 2.79. The van der Waals surface area contributed by atoms with E-state index in [1.165, 1.54) is 16.8 Å². The lowest BCUT2D eigenvalue weighted by molar-refractivity contribution is 0.571. The Labute approximate surface area is 119 Å². The molecule has 1 aromatic heterocycles. The summed E-state index contributed by atoms with van der Waals surface area (Å²) in [6.07, 6.45) is 0. The number of aryl methyl sites for hydroxylation is 2. The van der Waals surface area contributed by atoms with Crippen molar-refractivity contribution in [2.75, 3.05) is 5.32 Å². The zero-order chi connectivity index (χ0) is 14.0. The molecule has 1 aromatic carbocycles. The van der Waals surface area contributed by atoms with Crippen molar-refractivity contribution in [3.05, 3.63) is 45.4 Å². The van der Waals surface area contributed by atoms with E-state index in [4.69, 9.17) is 4.98 Å². The van der Waals surface area contributed by atoms with E-state index in [1.54, 1.807) is 11.3 Å². The standard InChI is InChI=1S/C16H22N2S/c1-11-6-7-13(8-12(11)2)17-9-15-18-14(10-19-15)16(3,4)5/h6-8,10,17H,9H2,1-5H3. The van der Waals surface area contributed by atoms with Crippen molar-refractivity contribution in [1.82, 2.24) is 4.98 Å². The molecule has 1 N–H and O–H groups in total. The van der Waals surface area contributed by atoms with E-state index in [0.717, 1.165) is 17.2 Å². The molecule has 0 aliphatic heterocycles. The van der Waals surface area contributed by atoms with Crippen LogP contribution in [0.15, 0.2) is 23.6 Å². The summed E-state index contributed by atoms with van der Waals surface area (Å²) in [5, 5.41) is 6.75. The van der Waals surface area contributed by atoms with Crippen molar-refractivity contribution in [1.29, 1.82) is 0 Å². The molecule has 0 unspecified atom stereocenters. The summed E-state index contributed by atoms with van der Waals surface area (Å²) in [5.41, 5.74) is 5.12. The molecule has 0 saturated carbocycles. The summed E-state index contributed by atoms with van der Waals surface area (Å²) in [5.74, 6) is 0. The largest absolute Gasteiger partial charge is 0.379 e. The number of rotatable bonds is 3. The third-order valence-electron chi connectivity index (χ3n) is 3.27. The van der Waals surface area contributed by atoms with Gasteiger partial charge in [0, 0.05) is 16.5 Å². The molecule has 102 valence electrons. The molecule has 0 amide bonds. The number of nitrogens with zero attached hydrogens (tertiary/aromatic N) is 1. The van der Waals surface area contributed by atoms with Gasteiger partial charge < -0.3 is 5.32 Å². The second-order valence-corrected chi connectivity index (χ2v) is 6.97. The molecule has 2 rings (SSSR count). The Kier molecular flexibility index (Phi) is 3.95. The van der Waals surface area contributed by atoms with Gasteiger partial charge in [0.1, 0.15) is 5.01 Å². The lowest BCUT2D eigenvalue weighted by Crippen LogP contribution is -2.11. The van der Waals surface area contributed by atoms with Gasteiger partial charge in [-0.25, -0.2) is 4.98 Å². The van der Waals surface area contributed by atoms with Crippen molar-refractivity contribution >= 4 is 17.0 Å². The van der Waals surface area contributed by atoms with Gasteiger partial charge in [-0.15, -0.1) is 11.3 Å². The second kappa shape index (κ2) is 5.33. The van der Waals surface area contributed by atoms with Crippen LogP contribution in [0, 0.1) is 13.8 Å². The third kappa shape index (κ3) is 3.57. The molecular formula is C16H22N2S. The Morgan fingerprint density at radius 1 is 1.16 bits per heavy atom. The summed E-state index contributed by atoms with van der Waals surface area (Å²) in [6.45, 7) is 11.7. The van der Waals surface area contributed by atoms with Crippen LogP contribution in [0.1, 0.15) is 42.6 Å². The predicted octanol–water partition coefficient (Wildman–Crippen LogP) is 4.67. The fourth-order valence-electron chi connectivity index (χ4n) is 1.77. The number of nitrogens with one attached hydrogen (secondary N) is 1. The minimum Gasteiger partial charge on any atom is -0.379 e. The van der Waals surface area contributed by atoms with Crippen LogP contribution in [0.4, 0.5) is 5.69 Å². The Morgan fingerprint density at radius 3 is 2.47 bits per heavy atom. The molecule has 3 heteroatoms. The van der Waals surface area contributed by atoms with E-state index >= 15 is 0 Å². The number of aromatic nitrogens is 1. The molecule has 0 fully saturated rings. The minimum absolute atomic E-state index is 0.134. The van der Waals surface area contributed by atoms with Crippen LogP contribution < -0.4 is 5.32 Å². The second-order valence-electron chi connectivity index (χ2n) is 6.03. The SMILES string of the molecule is Cc1ccc(NCc2nc(C(C)(C)C)cs2)cc1C. The monoisotopic (exact) mass is 274 g/mol. The zero-order valence-corrected chi connectivity index (χ0v) is 13.2. The number of benzene rings is 1. The fourth-order valence-corrected chi connectivity index (χ4v) is 2.73. The molecule has 0 saturated heterocycles. The Morgan fingerprint density at radius 2 is 1.89 bits per heavy atom. The van der Waals surface area contributed by atoms with Gasteiger partial charge in [-0.1, -0.05) is 26.8 Å². The molecule has 1 heterocycles. The summed E-state index contributed by atoms with van der Waals surface area (Å²) in [7, 11) is 0. The van der Waals surface area contributed by atoms with Gasteiger partial charge in [0.2, 0.25) is 0 Å². The number of hydrogen-bond acceptors (Lipinski definition) is 3. The molecule has 0 aliphatic rings. The van der Waals surface area contributed by atoms with Crippen LogP contribution >= 0.6 is 11.3 Å². The number of hydrogen-bond donors (Lipinski definition) is 1. The van der Waals surface area contributed by atoms with Gasteiger partial charge in [-0.05, 0) is 37.1 Å². The smallest absolute Gasteiger partial charge is 0.112 e. The quantitative estimate of drug-likeness (QED) is 0.879. The van der Waals surface area contributed by atoms with Gasteiger partial charge in [0.25, 0.3) is 0 Å². The molecule has 0 radical (unpaired) electrons. The van der Waals surface area contributed by atoms with Crippen molar-refractivity contribution < 1.29 is 0 Å². The Balaban J connectivity index is 2.02. The Bertz CT molecular complexity index is 564. The van der Waals surface area contributed by atoms with Crippen LogP contribution in [0.5, 0.6) is 0 Å². The van der Waals surface area contributed by atoms with Crippen molar-refractivity contribution in [2.24, 2.45) is 0 Å². The highest BCUT2D eigenvalue weighted by Crippen LogP contribution is 2.24. The number of anilines is 1. The molecule has 0 bridgehead atoms. The van der Waals surface area contributed by atoms with Crippen LogP contribution in [0.2, 0.25) is 0 Å². The van der Waals surface area contributed by atoms with Gasteiger partial charge >= 0.3 is 0 Å². The maximum Gasteiger partial charge on any atom is 0.112 e. The lowest BCUT2D eigenvalue weighted by atomic mass is 9.93. The first-order valence-corrected chi connectivity index (χ1v) is 7.50. The first-order chi connectivity index (χ1) is 8.86. The lowest BCUT2D eigenvalue weighted by Gasteiger charge is -2.14. The highest BCUT2D eigenvalue weighted by Gasteiger charge is 2.17. The number of thiazole rings is 1. The molecule has 0 aliphatic carbocycles. The van der Waals surface area contributed by atoms with Gasteiger partial charge in [-0.2, -0.15) is 0 Å². The topological polar surface area (TPSA) is 24.9 Å². The van der Waals surface area contributed by atoms with Crippen LogP contribution in [0.25, 0.3) is 0 Å². The first-order valence-electron chi connectivity index (χ1n) is 6.62. The van der Waals surface area contributed by atoms with Crippen molar-refractivity contribution in [2.45, 2.75) is 46.6 Å². The van der Waals surface area contributed by atoms with Gasteiger partial charge in [0.15, 0.2) is 0 Å². The first kappa shape index (κ1) is 14.1. The van der Waals surface area contributed by atoms with Gasteiger partial charge in [0.05, 0.1) is 12.2 Å². The average molecular weight is 274 g/mol. The molecule has 0 atom stereocenters. The van der Waals surface area contributed by atoms with E-state index in [2.05, 4.69) is 63.5 Å². The molecular weight excluding hydrogens is 252 g/mol. The highest BCUT2D eigenvalue weighted by atomic mass is 32.1. The third-order valence-corrected chi connectivity index (χ3v) is 4.12. The van der Waals surface area contributed by atoms with Crippen LogP contribution in [-0.4, -0.2) is 4.98 Å². The zero-order valence-electron chi connectivity index (χ0n) is 12.4. The molecule has 19 heavy (non-hydrogen) atoms. The molecule has 0 spiro atoms. The van der Waals surface area contributed by atoms with Crippen molar-refractivity contribution in [3.63, 3.8) is 0 Å². The summed E-state index contributed by atoms with van der Waals surface area (Å²) in [6, 6.07) is 6.47. The molecule has 2 nitrogen and oxygen atoms in total. The fraction of sp³-hybridized carbons (Fsp3) is 0.438. The molecule has 2 aromatic rings. The maximum atomic E-state index is 4.69. The summed E-state index contributed by atoms with van der Waals surface area (Å²) < 4.78 is 0. The van der Waals surface area contributed by atoms with E-state index in [0.29, 0.717) is 0 Å². The van der Waals surface area contributed by atoms with Crippen LogP contribution in [-0.2, 0) is 12.0 Å². The minimum atomic E-state index is 0.134. The summed E-state index contributed by atoms with van der Waals surface area (Å²) in [4.78, 5) is 4.69. The van der Waals surface area contributed by atoms with Gasteiger partial charge in [-0.3, -0.25) is 0 Å². The highest BCUT2D eigenvalue weighted by molar-refractivity contribution is 7.09. The predicted molar refractivity (Wildman–Crippen MR) is 84.1 cm³/mol. The van der Waals surface area contributed by atoms with E-state index in [-0.39, 0.29) is 5.41 Å². The maximum absolute atomic E-state index is 4.69. The van der Waals surface area contributed by atoms with E-state index in [1.807, 2.05) is 0 Å². The van der Waals surface area contributed by atoms with Crippen molar-refractivity contribution in [3.8, 4) is 0 Å².